The van der Waals surface area contributed by atoms with Crippen LogP contribution in [0.25, 0.3) is 0 Å². The molecule has 2 rings (SSSR count). The van der Waals surface area contributed by atoms with E-state index in [1.54, 1.807) is 43.5 Å². The molecule has 0 heterocycles. The molecule has 3 N–H and O–H groups in total. The van der Waals surface area contributed by atoms with Gasteiger partial charge < -0.3 is 9.47 Å². The lowest BCUT2D eigenvalue weighted by Crippen LogP contribution is -2.48. The number of unbranched alkanes of at least 4 members (excludes halogenated alkanes) is 3. The molecule has 0 aliphatic heterocycles. The van der Waals surface area contributed by atoms with Gasteiger partial charge in [-0.1, -0.05) is 38.3 Å². The van der Waals surface area contributed by atoms with Gasteiger partial charge in [-0.2, -0.15) is 0 Å². The predicted octanol–water partition coefficient (Wildman–Crippen LogP) is 4.21. The largest absolute Gasteiger partial charge is 0.496 e. The van der Waals surface area contributed by atoms with E-state index in [1.165, 1.54) is 0 Å². The summed E-state index contributed by atoms with van der Waals surface area (Å²) in [6, 6.07) is 12.0. The van der Waals surface area contributed by atoms with Crippen molar-refractivity contribution in [3.8, 4) is 11.5 Å². The van der Waals surface area contributed by atoms with Gasteiger partial charge in [0.2, 0.25) is 0 Å². The van der Waals surface area contributed by atoms with Crippen LogP contribution >= 0.6 is 34.8 Å². The highest BCUT2D eigenvalue weighted by atomic mass is 127. The monoisotopic (exact) mass is 555 g/mol. The van der Waals surface area contributed by atoms with Gasteiger partial charge in [0, 0.05) is 5.56 Å². The van der Waals surface area contributed by atoms with Crippen LogP contribution in [0, 0.1) is 3.57 Å². The molecule has 0 bridgehead atoms. The highest BCUT2D eigenvalue weighted by Crippen LogP contribution is 2.21. The van der Waals surface area contributed by atoms with Gasteiger partial charge in [-0.15, -0.1) is 0 Å². The van der Waals surface area contributed by atoms with E-state index in [0.29, 0.717) is 29.2 Å². The van der Waals surface area contributed by atoms with E-state index in [-0.39, 0.29) is 5.11 Å². The van der Waals surface area contributed by atoms with E-state index in [4.69, 9.17) is 21.7 Å². The summed E-state index contributed by atoms with van der Waals surface area (Å²) in [6.07, 6.45) is 4.33. The van der Waals surface area contributed by atoms with Crippen molar-refractivity contribution in [3.63, 3.8) is 0 Å². The summed E-state index contributed by atoms with van der Waals surface area (Å²) in [7, 11) is 1.57. The summed E-state index contributed by atoms with van der Waals surface area (Å²) >= 11 is 7.20. The summed E-state index contributed by atoms with van der Waals surface area (Å²) in [5.41, 5.74) is 5.81. The number of nitrogens with one attached hydrogen (secondary N) is 3. The normalized spacial score (nSPS) is 10.2. The Hall–Kier alpha value is -2.40. The van der Waals surface area contributed by atoms with E-state index < -0.39 is 11.8 Å². The number of halogens is 1. The second-order valence-corrected chi connectivity index (χ2v) is 8.19. The van der Waals surface area contributed by atoms with Crippen molar-refractivity contribution in [3.05, 3.63) is 57.2 Å². The second-order valence-electron chi connectivity index (χ2n) is 6.62. The van der Waals surface area contributed by atoms with Gasteiger partial charge in [-0.3, -0.25) is 25.8 Å². The SMILES string of the molecule is CCCCCCOc1ccccc1C(=O)NC(=S)NNC(=O)c1ccc(OC)c(I)c1. The van der Waals surface area contributed by atoms with Gasteiger partial charge in [0.25, 0.3) is 11.8 Å². The van der Waals surface area contributed by atoms with Gasteiger partial charge in [0.1, 0.15) is 11.5 Å². The standard InChI is InChI=1S/C22H26IN3O4S/c1-3-4-5-8-13-30-18-10-7-6-9-16(18)21(28)24-22(31)26-25-20(27)15-11-12-19(29-2)17(23)14-15/h6-7,9-12,14H,3-5,8,13H2,1-2H3,(H,25,27)(H2,24,26,28,31). The van der Waals surface area contributed by atoms with E-state index >= 15 is 0 Å². The lowest BCUT2D eigenvalue weighted by molar-refractivity contribution is 0.0933. The van der Waals surface area contributed by atoms with Crippen LogP contribution in [0.2, 0.25) is 0 Å². The predicted molar refractivity (Wildman–Crippen MR) is 132 cm³/mol. The number of hydrogen-bond donors (Lipinski definition) is 3. The van der Waals surface area contributed by atoms with Crippen molar-refractivity contribution < 1.29 is 19.1 Å². The maximum absolute atomic E-state index is 12.6. The molecule has 7 nitrogen and oxygen atoms in total. The lowest BCUT2D eigenvalue weighted by atomic mass is 10.2. The van der Waals surface area contributed by atoms with Crippen LogP contribution in [0.15, 0.2) is 42.5 Å². The molecule has 0 aliphatic rings. The van der Waals surface area contributed by atoms with Crippen molar-refractivity contribution in [2.75, 3.05) is 13.7 Å². The third-order valence-electron chi connectivity index (χ3n) is 4.32. The van der Waals surface area contributed by atoms with Crippen molar-refractivity contribution in [2.45, 2.75) is 32.6 Å². The van der Waals surface area contributed by atoms with E-state index in [0.717, 1.165) is 29.3 Å². The van der Waals surface area contributed by atoms with Crippen molar-refractivity contribution in [2.24, 2.45) is 0 Å². The zero-order valence-corrected chi connectivity index (χ0v) is 20.5. The van der Waals surface area contributed by atoms with E-state index in [9.17, 15) is 9.59 Å². The number of thiocarbonyl (C=S) groups is 1. The number of para-hydroxylation sites is 1. The maximum atomic E-state index is 12.6. The molecule has 0 unspecified atom stereocenters. The van der Waals surface area contributed by atoms with Crippen molar-refractivity contribution in [1.29, 1.82) is 0 Å². The van der Waals surface area contributed by atoms with Crippen LogP contribution in [-0.4, -0.2) is 30.6 Å². The minimum absolute atomic E-state index is 0.0284. The third-order valence-corrected chi connectivity index (χ3v) is 5.36. The van der Waals surface area contributed by atoms with Gasteiger partial charge >= 0.3 is 0 Å². The highest BCUT2D eigenvalue weighted by Gasteiger charge is 2.14. The molecule has 0 saturated carbocycles. The summed E-state index contributed by atoms with van der Waals surface area (Å²) in [4.78, 5) is 24.9. The molecule has 0 spiro atoms. The summed E-state index contributed by atoms with van der Waals surface area (Å²) in [5, 5.41) is 2.52. The molecule has 2 amide bonds. The Kier molecular flexibility index (Phi) is 10.5. The third kappa shape index (κ3) is 7.98. The molecule has 0 saturated heterocycles. The van der Waals surface area contributed by atoms with Gasteiger partial charge in [0.15, 0.2) is 5.11 Å². The number of carbonyl (C=O) groups is 2. The first-order valence-corrected chi connectivity index (χ1v) is 11.4. The fourth-order valence-electron chi connectivity index (χ4n) is 2.69. The molecule has 0 aromatic heterocycles. The molecular weight excluding hydrogens is 529 g/mol. The molecular formula is C22H26IN3O4S. The molecule has 31 heavy (non-hydrogen) atoms. The number of ether oxygens (including phenoxy) is 2. The summed E-state index contributed by atoms with van der Waals surface area (Å²) in [5.74, 6) is 0.359. The lowest BCUT2D eigenvalue weighted by Gasteiger charge is -2.14. The molecule has 0 aliphatic carbocycles. The zero-order chi connectivity index (χ0) is 22.6. The van der Waals surface area contributed by atoms with Crippen molar-refractivity contribution >= 4 is 51.7 Å². The molecule has 0 atom stereocenters. The van der Waals surface area contributed by atoms with Gasteiger partial charge in [-0.25, -0.2) is 0 Å². The zero-order valence-electron chi connectivity index (χ0n) is 17.5. The van der Waals surface area contributed by atoms with Crippen LogP contribution in [0.3, 0.4) is 0 Å². The molecule has 0 fully saturated rings. The average molecular weight is 555 g/mol. The molecule has 2 aromatic rings. The number of methoxy groups -OCH3 is 1. The first-order chi connectivity index (χ1) is 15.0. The Bertz CT molecular complexity index is 923. The molecule has 0 radical (unpaired) electrons. The Balaban J connectivity index is 1.87. The van der Waals surface area contributed by atoms with Crippen molar-refractivity contribution in [1.82, 2.24) is 16.2 Å². The van der Waals surface area contributed by atoms with Crippen LogP contribution in [0.5, 0.6) is 11.5 Å². The first-order valence-electron chi connectivity index (χ1n) is 9.93. The number of amides is 2. The van der Waals surface area contributed by atoms with Gasteiger partial charge in [0.05, 0.1) is 22.9 Å². The fourth-order valence-corrected chi connectivity index (χ4v) is 3.57. The quantitative estimate of drug-likeness (QED) is 0.186. The van der Waals surface area contributed by atoms with E-state index in [1.807, 2.05) is 6.07 Å². The Morgan fingerprint density at radius 2 is 1.77 bits per heavy atom. The number of rotatable bonds is 9. The van der Waals surface area contributed by atoms with Crippen LogP contribution in [0.4, 0.5) is 0 Å². The smallest absolute Gasteiger partial charge is 0.269 e. The minimum Gasteiger partial charge on any atom is -0.496 e. The van der Waals surface area contributed by atoms with Crippen LogP contribution < -0.4 is 25.6 Å². The number of hydrogen-bond acceptors (Lipinski definition) is 5. The number of carbonyl (C=O) groups excluding carboxylic acids is 2. The molecule has 2 aromatic carbocycles. The topological polar surface area (TPSA) is 88.7 Å². The van der Waals surface area contributed by atoms with Gasteiger partial charge in [-0.05, 0) is 71.6 Å². The molecule has 9 heteroatoms. The molecule has 166 valence electrons. The number of hydrazine groups is 1. The van der Waals surface area contributed by atoms with Crippen LogP contribution in [0.1, 0.15) is 53.3 Å². The maximum Gasteiger partial charge on any atom is 0.269 e. The minimum atomic E-state index is -0.421. The Morgan fingerprint density at radius 1 is 1.00 bits per heavy atom. The Labute approximate surface area is 201 Å². The average Bonchev–Trinajstić information content (AvgIpc) is 2.77. The summed E-state index contributed by atoms with van der Waals surface area (Å²) in [6.45, 7) is 2.70. The van der Waals surface area contributed by atoms with Crippen LogP contribution in [-0.2, 0) is 0 Å². The van der Waals surface area contributed by atoms with E-state index in [2.05, 4.69) is 45.7 Å². The second kappa shape index (κ2) is 13.1. The summed E-state index contributed by atoms with van der Waals surface area (Å²) < 4.78 is 11.7. The first kappa shape index (κ1) is 24.9. The fraction of sp³-hybridized carbons (Fsp3) is 0.318. The number of benzene rings is 2. The Morgan fingerprint density at radius 3 is 2.48 bits per heavy atom. The highest BCUT2D eigenvalue weighted by molar-refractivity contribution is 14.1.